The van der Waals surface area contributed by atoms with Crippen molar-refractivity contribution in [2.75, 3.05) is 14.1 Å². The maximum absolute atomic E-state index is 11.3. The minimum Gasteiger partial charge on any atom is -0.410 e. The van der Waals surface area contributed by atoms with Crippen LogP contribution in [0.1, 0.15) is 46.0 Å². The molecule has 98 valence electrons. The molecule has 0 spiro atoms. The average Bonchev–Trinajstić information content (AvgIpc) is 2.29. The van der Waals surface area contributed by atoms with E-state index in [-0.39, 0.29) is 17.7 Å². The van der Waals surface area contributed by atoms with Crippen molar-refractivity contribution in [2.45, 2.75) is 57.7 Å². The van der Waals surface area contributed by atoms with E-state index in [1.807, 2.05) is 6.92 Å². The number of carbonyl (C=O) groups is 1. The average molecular weight is 240 g/mol. The molecule has 0 bridgehead atoms. The molecule has 1 atom stereocenters. The van der Waals surface area contributed by atoms with Crippen LogP contribution in [0.5, 0.6) is 0 Å². The summed E-state index contributed by atoms with van der Waals surface area (Å²) in [4.78, 5) is 11.3. The van der Waals surface area contributed by atoms with Gasteiger partial charge in [-0.2, -0.15) is 0 Å². The number of carbonyl (C=O) groups excluding carboxylic acids is 1. The van der Waals surface area contributed by atoms with Crippen molar-refractivity contribution in [1.29, 1.82) is 0 Å². The zero-order chi connectivity index (χ0) is 13.1. The maximum Gasteiger partial charge on any atom is 0.334 e. The SMILES string of the molecule is C=CC(=O)OC(C)[N+](C)(C)C1(C)CCCCC1. The minimum atomic E-state index is -0.330. The predicted molar refractivity (Wildman–Crippen MR) is 69.3 cm³/mol. The number of rotatable bonds is 4. The Morgan fingerprint density at radius 3 is 2.35 bits per heavy atom. The van der Waals surface area contributed by atoms with Crippen molar-refractivity contribution in [3.63, 3.8) is 0 Å². The second-order valence-corrected chi connectivity index (χ2v) is 5.84. The van der Waals surface area contributed by atoms with E-state index in [2.05, 4.69) is 27.6 Å². The molecule has 3 heteroatoms. The predicted octanol–water partition coefficient (Wildman–Crippen LogP) is 2.86. The Morgan fingerprint density at radius 1 is 1.35 bits per heavy atom. The van der Waals surface area contributed by atoms with Crippen LogP contribution in [0.4, 0.5) is 0 Å². The first-order chi connectivity index (χ1) is 7.83. The Balaban J connectivity index is 2.77. The zero-order valence-corrected chi connectivity index (χ0v) is 11.7. The molecule has 0 amide bonds. The second-order valence-electron chi connectivity index (χ2n) is 5.84. The molecule has 0 aromatic heterocycles. The highest BCUT2D eigenvalue weighted by Crippen LogP contribution is 2.38. The van der Waals surface area contributed by atoms with Crippen LogP contribution in [0.25, 0.3) is 0 Å². The van der Waals surface area contributed by atoms with Crippen LogP contribution in [0.2, 0.25) is 0 Å². The normalized spacial score (nSPS) is 21.6. The number of esters is 1. The summed E-state index contributed by atoms with van der Waals surface area (Å²) in [6.07, 6.45) is 7.39. The van der Waals surface area contributed by atoms with Gasteiger partial charge in [-0.3, -0.25) is 4.48 Å². The van der Waals surface area contributed by atoms with Gasteiger partial charge in [0.05, 0.1) is 19.6 Å². The Morgan fingerprint density at radius 2 is 1.88 bits per heavy atom. The molecule has 0 aliphatic heterocycles. The number of hydrogen-bond donors (Lipinski definition) is 0. The summed E-state index contributed by atoms with van der Waals surface area (Å²) in [6, 6.07) is 0. The highest BCUT2D eigenvalue weighted by molar-refractivity contribution is 5.81. The van der Waals surface area contributed by atoms with Gasteiger partial charge in [0.2, 0.25) is 6.23 Å². The van der Waals surface area contributed by atoms with Gasteiger partial charge in [-0.25, -0.2) is 4.79 Å². The van der Waals surface area contributed by atoms with Crippen molar-refractivity contribution in [2.24, 2.45) is 0 Å². The molecular weight excluding hydrogens is 214 g/mol. The van der Waals surface area contributed by atoms with Crippen LogP contribution in [0.3, 0.4) is 0 Å². The lowest BCUT2D eigenvalue weighted by Gasteiger charge is -2.51. The number of hydrogen-bond acceptors (Lipinski definition) is 2. The fraction of sp³-hybridized carbons (Fsp3) is 0.786. The van der Waals surface area contributed by atoms with Crippen molar-refractivity contribution in [3.8, 4) is 0 Å². The molecule has 0 aromatic carbocycles. The van der Waals surface area contributed by atoms with Crippen molar-refractivity contribution in [3.05, 3.63) is 12.7 Å². The van der Waals surface area contributed by atoms with Gasteiger partial charge in [-0.05, 0) is 19.8 Å². The Bertz CT molecular complexity index is 291. The Kier molecular flexibility index (Phi) is 4.36. The molecule has 1 aliphatic rings. The Hall–Kier alpha value is -0.830. The monoisotopic (exact) mass is 240 g/mol. The fourth-order valence-corrected chi connectivity index (χ4v) is 2.68. The van der Waals surface area contributed by atoms with E-state index in [0.717, 1.165) is 4.48 Å². The smallest absolute Gasteiger partial charge is 0.334 e. The molecule has 1 rings (SSSR count). The lowest BCUT2D eigenvalue weighted by Crippen LogP contribution is -2.63. The van der Waals surface area contributed by atoms with Crippen LogP contribution in [-0.4, -0.2) is 36.3 Å². The summed E-state index contributed by atoms with van der Waals surface area (Å²) in [7, 11) is 4.32. The standard InChI is InChI=1S/C14H26NO2/c1-6-13(16)17-12(2)15(4,5)14(3)10-8-7-9-11-14/h6,12H,1,7-11H2,2-5H3/q+1. The highest BCUT2D eigenvalue weighted by Gasteiger charge is 2.46. The van der Waals surface area contributed by atoms with Crippen LogP contribution >= 0.6 is 0 Å². The largest absolute Gasteiger partial charge is 0.410 e. The van der Waals surface area contributed by atoms with Crippen LogP contribution < -0.4 is 0 Å². The van der Waals surface area contributed by atoms with Gasteiger partial charge in [-0.1, -0.05) is 13.0 Å². The van der Waals surface area contributed by atoms with Crippen molar-refractivity contribution in [1.82, 2.24) is 0 Å². The van der Waals surface area contributed by atoms with Crippen molar-refractivity contribution < 1.29 is 14.0 Å². The third kappa shape index (κ3) is 2.89. The molecule has 1 aliphatic carbocycles. The summed E-state index contributed by atoms with van der Waals surface area (Å²) < 4.78 is 6.13. The Labute approximate surface area is 105 Å². The summed E-state index contributed by atoms with van der Waals surface area (Å²) >= 11 is 0. The maximum atomic E-state index is 11.3. The van der Waals surface area contributed by atoms with Gasteiger partial charge in [0, 0.05) is 25.8 Å². The first-order valence-corrected chi connectivity index (χ1v) is 6.50. The molecule has 0 heterocycles. The van der Waals surface area contributed by atoms with Crippen molar-refractivity contribution >= 4 is 5.97 Å². The molecular formula is C14H26NO2+. The molecule has 0 aromatic rings. The molecule has 1 fully saturated rings. The van der Waals surface area contributed by atoms with Crippen LogP contribution in [0.15, 0.2) is 12.7 Å². The van der Waals surface area contributed by atoms with Gasteiger partial charge in [0.25, 0.3) is 0 Å². The van der Waals surface area contributed by atoms with Gasteiger partial charge in [-0.15, -0.1) is 0 Å². The second kappa shape index (κ2) is 5.21. The van der Waals surface area contributed by atoms with Gasteiger partial charge < -0.3 is 4.74 Å². The topological polar surface area (TPSA) is 26.3 Å². The molecule has 17 heavy (non-hydrogen) atoms. The third-order valence-corrected chi connectivity index (χ3v) is 4.68. The van der Waals surface area contributed by atoms with E-state index in [0.29, 0.717) is 0 Å². The summed E-state index contributed by atoms with van der Waals surface area (Å²) in [5.74, 6) is -0.330. The number of quaternary nitrogens is 1. The van der Waals surface area contributed by atoms with E-state index in [9.17, 15) is 4.79 Å². The van der Waals surface area contributed by atoms with Gasteiger partial charge in [0.1, 0.15) is 0 Å². The first-order valence-electron chi connectivity index (χ1n) is 6.50. The number of ether oxygens (including phenoxy) is 1. The van der Waals surface area contributed by atoms with E-state index in [1.165, 1.54) is 38.2 Å². The molecule has 1 unspecified atom stereocenters. The van der Waals surface area contributed by atoms with E-state index in [1.54, 1.807) is 0 Å². The lowest BCUT2D eigenvalue weighted by molar-refractivity contribution is -0.979. The van der Waals surface area contributed by atoms with Crippen LogP contribution in [0, 0.1) is 0 Å². The molecule has 1 saturated carbocycles. The summed E-state index contributed by atoms with van der Waals surface area (Å²) in [5, 5.41) is 0. The molecule has 0 radical (unpaired) electrons. The highest BCUT2D eigenvalue weighted by atomic mass is 16.6. The summed E-state index contributed by atoms with van der Waals surface area (Å²) in [5.41, 5.74) is 0.207. The minimum absolute atomic E-state index is 0.136. The molecule has 0 N–H and O–H groups in total. The van der Waals surface area contributed by atoms with E-state index < -0.39 is 0 Å². The number of nitrogens with zero attached hydrogens (tertiary/aromatic N) is 1. The van der Waals surface area contributed by atoms with Gasteiger partial charge >= 0.3 is 5.97 Å². The van der Waals surface area contributed by atoms with Gasteiger partial charge in [0.15, 0.2) is 0 Å². The fourth-order valence-electron chi connectivity index (χ4n) is 2.68. The zero-order valence-electron chi connectivity index (χ0n) is 11.7. The molecule has 0 saturated heterocycles. The quantitative estimate of drug-likeness (QED) is 0.327. The lowest BCUT2D eigenvalue weighted by atomic mass is 9.80. The van der Waals surface area contributed by atoms with E-state index >= 15 is 0 Å². The molecule has 3 nitrogen and oxygen atoms in total. The third-order valence-electron chi connectivity index (χ3n) is 4.68. The van der Waals surface area contributed by atoms with E-state index in [4.69, 9.17) is 4.74 Å². The van der Waals surface area contributed by atoms with Crippen LogP contribution in [-0.2, 0) is 9.53 Å². The first kappa shape index (κ1) is 14.2. The summed E-state index contributed by atoms with van der Waals surface area (Å²) in [6.45, 7) is 7.73.